The summed E-state index contributed by atoms with van der Waals surface area (Å²) < 4.78 is 15.3. The van der Waals surface area contributed by atoms with Gasteiger partial charge in [0.1, 0.15) is 0 Å². The number of rotatable bonds is 6. The van der Waals surface area contributed by atoms with Gasteiger partial charge in [-0.25, -0.2) is 4.39 Å². The second-order valence-corrected chi connectivity index (χ2v) is 3.97. The van der Waals surface area contributed by atoms with Gasteiger partial charge in [0.2, 0.25) is 0 Å². The van der Waals surface area contributed by atoms with Crippen LogP contribution in [0.15, 0.2) is 36.7 Å². The number of nitrogens with zero attached hydrogens (tertiary/aromatic N) is 3. The predicted octanol–water partition coefficient (Wildman–Crippen LogP) is 2.43. The van der Waals surface area contributed by atoms with E-state index in [-0.39, 0.29) is 11.4 Å². The molecule has 1 heterocycles. The molecule has 0 unspecified atom stereocenters. The quantitative estimate of drug-likeness (QED) is 0.494. The van der Waals surface area contributed by atoms with Gasteiger partial charge in [-0.3, -0.25) is 14.8 Å². The van der Waals surface area contributed by atoms with Crippen molar-refractivity contribution < 1.29 is 9.31 Å². The molecule has 0 aliphatic rings. The van der Waals surface area contributed by atoms with E-state index in [4.69, 9.17) is 0 Å². The number of non-ortho nitro benzene ring substituents is 1. The van der Waals surface area contributed by atoms with Gasteiger partial charge in [0.05, 0.1) is 16.7 Å². The molecule has 0 fully saturated rings. The van der Waals surface area contributed by atoms with Gasteiger partial charge in [-0.2, -0.15) is 5.10 Å². The van der Waals surface area contributed by atoms with Crippen LogP contribution < -0.4 is 5.32 Å². The zero-order valence-corrected chi connectivity index (χ0v) is 10.1. The van der Waals surface area contributed by atoms with Crippen molar-refractivity contribution >= 4 is 11.4 Å². The Hall–Kier alpha value is -2.44. The maximum atomic E-state index is 13.5. The Morgan fingerprint density at radius 2 is 2.32 bits per heavy atom. The van der Waals surface area contributed by atoms with Gasteiger partial charge >= 0.3 is 0 Å². The molecular weight excluding hydrogens is 251 g/mol. The van der Waals surface area contributed by atoms with Crippen LogP contribution in [0.25, 0.3) is 0 Å². The van der Waals surface area contributed by atoms with Crippen LogP contribution in [0.5, 0.6) is 0 Å². The van der Waals surface area contributed by atoms with Gasteiger partial charge in [-0.05, 0) is 18.6 Å². The number of halogens is 1. The summed E-state index contributed by atoms with van der Waals surface area (Å²) in [4.78, 5) is 9.84. The third-order valence-electron chi connectivity index (χ3n) is 2.60. The fourth-order valence-corrected chi connectivity index (χ4v) is 1.66. The highest BCUT2D eigenvalue weighted by molar-refractivity contribution is 5.49. The van der Waals surface area contributed by atoms with E-state index in [0.717, 1.165) is 19.0 Å². The van der Waals surface area contributed by atoms with E-state index in [1.165, 1.54) is 12.1 Å². The van der Waals surface area contributed by atoms with Gasteiger partial charge < -0.3 is 5.32 Å². The fraction of sp³-hybridized carbons (Fsp3) is 0.250. The van der Waals surface area contributed by atoms with E-state index < -0.39 is 10.7 Å². The Bertz CT molecular complexity index is 557. The lowest BCUT2D eigenvalue weighted by Gasteiger charge is -2.07. The van der Waals surface area contributed by atoms with E-state index in [0.29, 0.717) is 6.54 Å². The Morgan fingerprint density at radius 3 is 2.95 bits per heavy atom. The van der Waals surface area contributed by atoms with E-state index in [1.807, 2.05) is 12.3 Å². The molecule has 1 aromatic carbocycles. The number of aryl methyl sites for hydroxylation is 1. The lowest BCUT2D eigenvalue weighted by atomic mass is 10.2. The lowest BCUT2D eigenvalue weighted by molar-refractivity contribution is -0.385. The number of nitro benzene ring substituents is 1. The number of hydrogen-bond acceptors (Lipinski definition) is 4. The molecule has 0 aliphatic heterocycles. The van der Waals surface area contributed by atoms with Gasteiger partial charge in [0.15, 0.2) is 5.82 Å². The summed E-state index contributed by atoms with van der Waals surface area (Å²) >= 11 is 0. The van der Waals surface area contributed by atoms with Crippen molar-refractivity contribution in [2.45, 2.75) is 13.0 Å². The second kappa shape index (κ2) is 5.94. The SMILES string of the molecule is O=[N+]([O-])c1ccc(NCCCn2cccn2)c(F)c1. The van der Waals surface area contributed by atoms with E-state index in [1.54, 1.807) is 10.9 Å². The molecule has 2 rings (SSSR count). The molecule has 100 valence electrons. The number of hydrogen-bond donors (Lipinski definition) is 1. The molecule has 1 aromatic heterocycles. The van der Waals surface area contributed by atoms with Crippen molar-refractivity contribution in [3.8, 4) is 0 Å². The minimum atomic E-state index is -0.620. The van der Waals surface area contributed by atoms with E-state index in [9.17, 15) is 14.5 Å². The zero-order chi connectivity index (χ0) is 13.7. The molecule has 0 saturated carbocycles. The molecule has 0 aliphatic carbocycles. The first-order valence-electron chi connectivity index (χ1n) is 5.82. The normalized spacial score (nSPS) is 10.4. The molecule has 19 heavy (non-hydrogen) atoms. The van der Waals surface area contributed by atoms with Crippen LogP contribution in [0.2, 0.25) is 0 Å². The average Bonchev–Trinajstić information content (AvgIpc) is 2.89. The average molecular weight is 264 g/mol. The molecule has 6 nitrogen and oxygen atoms in total. The number of anilines is 1. The van der Waals surface area contributed by atoms with Crippen LogP contribution >= 0.6 is 0 Å². The number of aromatic nitrogens is 2. The topological polar surface area (TPSA) is 73.0 Å². The van der Waals surface area contributed by atoms with Crippen LogP contribution in [0.4, 0.5) is 15.8 Å². The smallest absolute Gasteiger partial charge is 0.272 e. The zero-order valence-electron chi connectivity index (χ0n) is 10.1. The van der Waals surface area contributed by atoms with Crippen LogP contribution in [-0.2, 0) is 6.54 Å². The van der Waals surface area contributed by atoms with Crippen molar-refractivity contribution in [3.63, 3.8) is 0 Å². The summed E-state index contributed by atoms with van der Waals surface area (Å²) in [7, 11) is 0. The van der Waals surface area contributed by atoms with Crippen LogP contribution in [0.1, 0.15) is 6.42 Å². The molecule has 1 N–H and O–H groups in total. The third kappa shape index (κ3) is 3.51. The maximum Gasteiger partial charge on any atom is 0.272 e. The second-order valence-electron chi connectivity index (χ2n) is 3.97. The Labute approximate surface area is 109 Å². The summed E-state index contributed by atoms with van der Waals surface area (Å²) in [6, 6.07) is 5.40. The first-order valence-corrected chi connectivity index (χ1v) is 5.82. The van der Waals surface area contributed by atoms with Gasteiger partial charge in [0, 0.05) is 31.5 Å². The fourth-order valence-electron chi connectivity index (χ4n) is 1.66. The minimum Gasteiger partial charge on any atom is -0.383 e. The summed E-state index contributed by atoms with van der Waals surface area (Å²) in [6.45, 7) is 1.29. The largest absolute Gasteiger partial charge is 0.383 e. The van der Waals surface area contributed by atoms with Gasteiger partial charge in [-0.15, -0.1) is 0 Å². The highest BCUT2D eigenvalue weighted by Gasteiger charge is 2.09. The molecule has 0 atom stereocenters. The van der Waals surface area contributed by atoms with Crippen LogP contribution in [-0.4, -0.2) is 21.2 Å². The van der Waals surface area contributed by atoms with Crippen molar-refractivity contribution in [1.82, 2.24) is 9.78 Å². The Morgan fingerprint density at radius 1 is 1.47 bits per heavy atom. The molecule has 0 bridgehead atoms. The molecule has 0 saturated heterocycles. The number of benzene rings is 1. The van der Waals surface area contributed by atoms with E-state index >= 15 is 0 Å². The van der Waals surface area contributed by atoms with Gasteiger partial charge in [0.25, 0.3) is 5.69 Å². The maximum absolute atomic E-state index is 13.5. The first kappa shape index (κ1) is 13.0. The van der Waals surface area contributed by atoms with Crippen molar-refractivity contribution in [2.75, 3.05) is 11.9 Å². The van der Waals surface area contributed by atoms with Crippen molar-refractivity contribution in [1.29, 1.82) is 0 Å². The number of nitrogens with one attached hydrogen (secondary N) is 1. The molecule has 2 aromatic rings. The van der Waals surface area contributed by atoms with Crippen molar-refractivity contribution in [3.05, 3.63) is 52.6 Å². The van der Waals surface area contributed by atoms with E-state index in [2.05, 4.69) is 10.4 Å². The first-order chi connectivity index (χ1) is 9.16. The Kier molecular flexibility index (Phi) is 4.07. The van der Waals surface area contributed by atoms with Crippen LogP contribution in [0.3, 0.4) is 0 Å². The highest BCUT2D eigenvalue weighted by atomic mass is 19.1. The summed E-state index contributed by atoms with van der Waals surface area (Å²) in [6.07, 6.45) is 4.33. The standard InChI is InChI=1S/C12H13FN4O2/c13-11-9-10(17(18)19)3-4-12(11)14-5-1-7-16-8-2-6-15-16/h2-4,6,8-9,14H,1,5,7H2. The molecule has 0 spiro atoms. The van der Waals surface area contributed by atoms with Gasteiger partial charge in [-0.1, -0.05) is 0 Å². The third-order valence-corrected chi connectivity index (χ3v) is 2.60. The summed E-state index contributed by atoms with van der Waals surface area (Å²) in [5, 5.41) is 17.4. The van der Waals surface area contributed by atoms with Crippen molar-refractivity contribution in [2.24, 2.45) is 0 Å². The molecule has 0 amide bonds. The molecular formula is C12H13FN4O2. The monoisotopic (exact) mass is 264 g/mol. The Balaban J connectivity index is 1.84. The molecule has 0 radical (unpaired) electrons. The minimum absolute atomic E-state index is 0.250. The summed E-state index contributed by atoms with van der Waals surface area (Å²) in [5.41, 5.74) is 0.0191. The van der Waals surface area contributed by atoms with Crippen LogP contribution in [0, 0.1) is 15.9 Å². The summed E-state index contributed by atoms with van der Waals surface area (Å²) in [5.74, 6) is -0.617. The predicted molar refractivity (Wildman–Crippen MR) is 68.4 cm³/mol. The lowest BCUT2D eigenvalue weighted by Crippen LogP contribution is -2.08. The molecule has 7 heteroatoms. The highest BCUT2D eigenvalue weighted by Crippen LogP contribution is 2.20. The number of nitro groups is 1.